The lowest BCUT2D eigenvalue weighted by atomic mass is 10.1. The summed E-state index contributed by atoms with van der Waals surface area (Å²) in [5, 5.41) is 18.9. The number of aryl methyl sites for hydroxylation is 1. The average molecular weight is 359 g/mol. The van der Waals surface area contributed by atoms with Gasteiger partial charge in [-0.05, 0) is 18.9 Å². The van der Waals surface area contributed by atoms with Gasteiger partial charge in [0.05, 0.1) is 22.7 Å². The summed E-state index contributed by atoms with van der Waals surface area (Å²) in [6.45, 7) is 3.45. The molecule has 7 nitrogen and oxygen atoms in total. The van der Waals surface area contributed by atoms with Crippen LogP contribution in [0.4, 0.5) is 5.82 Å². The van der Waals surface area contributed by atoms with Crippen LogP contribution in [0, 0.1) is 18.3 Å². The molecular formula is C17H19ClN6O. The predicted molar refractivity (Wildman–Crippen MR) is 92.5 cm³/mol. The number of fused-ring (bicyclic) bond motifs is 1. The fraction of sp³-hybridized carbons (Fsp3) is 0.529. The van der Waals surface area contributed by atoms with Crippen LogP contribution < -0.4 is 4.90 Å². The molecule has 0 N–H and O–H groups in total. The van der Waals surface area contributed by atoms with Crippen molar-refractivity contribution in [2.75, 3.05) is 18.6 Å². The molecule has 2 aromatic rings. The van der Waals surface area contributed by atoms with Crippen LogP contribution in [0.1, 0.15) is 41.7 Å². The van der Waals surface area contributed by atoms with Crippen LogP contribution >= 0.6 is 11.6 Å². The maximum atomic E-state index is 9.64. The smallest absolute Gasteiger partial charge is 0.155 e. The number of rotatable bonds is 3. The minimum absolute atomic E-state index is 0.00974. The third-order valence-corrected chi connectivity index (χ3v) is 5.55. The molecule has 0 radical (unpaired) electrons. The molecule has 0 aliphatic carbocycles. The number of ether oxygens (including phenoxy) is 1. The molecular weight excluding hydrogens is 340 g/mol. The van der Waals surface area contributed by atoms with E-state index in [2.05, 4.69) is 30.7 Å². The van der Waals surface area contributed by atoms with Crippen molar-refractivity contribution in [1.29, 1.82) is 5.26 Å². The van der Waals surface area contributed by atoms with Gasteiger partial charge in [0.1, 0.15) is 17.7 Å². The highest BCUT2D eigenvalue weighted by Gasteiger charge is 2.39. The van der Waals surface area contributed by atoms with Crippen molar-refractivity contribution in [1.82, 2.24) is 19.7 Å². The molecule has 0 bridgehead atoms. The number of pyridine rings is 1. The number of anilines is 1. The van der Waals surface area contributed by atoms with Crippen molar-refractivity contribution in [2.45, 2.75) is 44.9 Å². The zero-order valence-corrected chi connectivity index (χ0v) is 15.0. The van der Waals surface area contributed by atoms with Crippen LogP contribution in [0.25, 0.3) is 0 Å². The highest BCUT2D eigenvalue weighted by atomic mass is 35.5. The van der Waals surface area contributed by atoms with Gasteiger partial charge in [-0.2, -0.15) is 5.26 Å². The summed E-state index contributed by atoms with van der Waals surface area (Å²) in [6, 6.07) is 2.25. The molecule has 4 rings (SSSR count). The number of methoxy groups -OCH3 is 1. The van der Waals surface area contributed by atoms with E-state index < -0.39 is 0 Å². The molecule has 0 amide bonds. The van der Waals surface area contributed by atoms with E-state index in [1.807, 2.05) is 6.92 Å². The fourth-order valence-electron chi connectivity index (χ4n) is 3.78. The van der Waals surface area contributed by atoms with Gasteiger partial charge in [-0.25, -0.2) is 4.98 Å². The third-order valence-electron chi connectivity index (χ3n) is 5.17. The van der Waals surface area contributed by atoms with E-state index in [4.69, 9.17) is 16.3 Å². The number of nitrogens with zero attached hydrogens (tertiary/aromatic N) is 6. The second kappa shape index (κ2) is 6.28. The summed E-state index contributed by atoms with van der Waals surface area (Å²) >= 11 is 6.16. The normalized spacial score (nSPS) is 22.2. The standard InChI is InChI=1S/C17H19ClN6O/c1-10-12(7-19)16(20-8-13(10)18)24-9-11(25-2)6-14(24)17-22-21-15-4-3-5-23(15)17/h8,11,14H,3-6,9H2,1-2H3/t11-,14+/m1/s1. The molecule has 130 valence electrons. The fourth-order valence-corrected chi connectivity index (χ4v) is 3.93. The van der Waals surface area contributed by atoms with E-state index in [9.17, 15) is 5.26 Å². The molecule has 0 unspecified atom stereocenters. The Balaban J connectivity index is 1.79. The van der Waals surface area contributed by atoms with Gasteiger partial charge >= 0.3 is 0 Å². The Morgan fingerprint density at radius 3 is 3.00 bits per heavy atom. The molecule has 2 aliphatic heterocycles. The van der Waals surface area contributed by atoms with E-state index in [-0.39, 0.29) is 12.1 Å². The highest BCUT2D eigenvalue weighted by molar-refractivity contribution is 6.31. The van der Waals surface area contributed by atoms with Gasteiger partial charge in [0.2, 0.25) is 0 Å². The van der Waals surface area contributed by atoms with Gasteiger partial charge in [-0.3, -0.25) is 0 Å². The molecule has 4 heterocycles. The Hall–Kier alpha value is -2.17. The van der Waals surface area contributed by atoms with E-state index in [0.717, 1.165) is 43.0 Å². The molecule has 2 aliphatic rings. The van der Waals surface area contributed by atoms with Crippen molar-refractivity contribution in [3.63, 3.8) is 0 Å². The molecule has 1 saturated heterocycles. The first-order valence-corrected chi connectivity index (χ1v) is 8.78. The van der Waals surface area contributed by atoms with Crippen molar-refractivity contribution in [3.8, 4) is 6.07 Å². The molecule has 0 saturated carbocycles. The lowest BCUT2D eigenvalue weighted by molar-refractivity contribution is 0.118. The lowest BCUT2D eigenvalue weighted by Gasteiger charge is -2.26. The second-order valence-corrected chi connectivity index (χ2v) is 6.94. The van der Waals surface area contributed by atoms with Crippen molar-refractivity contribution < 1.29 is 4.74 Å². The predicted octanol–water partition coefficient (Wildman–Crippen LogP) is 2.42. The summed E-state index contributed by atoms with van der Waals surface area (Å²) in [7, 11) is 1.71. The van der Waals surface area contributed by atoms with Crippen molar-refractivity contribution in [2.24, 2.45) is 0 Å². The number of hydrogen-bond donors (Lipinski definition) is 0. The van der Waals surface area contributed by atoms with Gasteiger partial charge in [-0.15, -0.1) is 10.2 Å². The molecule has 2 aromatic heterocycles. The van der Waals surface area contributed by atoms with Gasteiger partial charge in [-0.1, -0.05) is 11.6 Å². The first kappa shape index (κ1) is 16.3. The Bertz CT molecular complexity index is 858. The van der Waals surface area contributed by atoms with Crippen molar-refractivity contribution in [3.05, 3.63) is 34.0 Å². The zero-order valence-electron chi connectivity index (χ0n) is 14.2. The van der Waals surface area contributed by atoms with E-state index in [1.54, 1.807) is 13.3 Å². The maximum absolute atomic E-state index is 9.64. The summed E-state index contributed by atoms with van der Waals surface area (Å²) in [6.07, 6.45) is 4.53. The van der Waals surface area contributed by atoms with E-state index >= 15 is 0 Å². The highest BCUT2D eigenvalue weighted by Crippen LogP contribution is 2.39. The molecule has 25 heavy (non-hydrogen) atoms. The quantitative estimate of drug-likeness (QED) is 0.838. The maximum Gasteiger partial charge on any atom is 0.155 e. The Morgan fingerprint density at radius 1 is 1.40 bits per heavy atom. The van der Waals surface area contributed by atoms with Gasteiger partial charge in [0.25, 0.3) is 0 Å². The zero-order chi connectivity index (χ0) is 17.6. The molecule has 2 atom stereocenters. The van der Waals surface area contributed by atoms with E-state index in [1.165, 1.54) is 0 Å². The summed E-state index contributed by atoms with van der Waals surface area (Å²) in [5.41, 5.74) is 1.26. The first-order chi connectivity index (χ1) is 12.1. The number of hydrogen-bond acceptors (Lipinski definition) is 6. The van der Waals surface area contributed by atoms with Gasteiger partial charge in [0, 0.05) is 39.2 Å². The Labute approximate surface area is 151 Å². The van der Waals surface area contributed by atoms with E-state index in [0.29, 0.717) is 22.9 Å². The third kappa shape index (κ3) is 2.57. The number of nitriles is 1. The van der Waals surface area contributed by atoms with Crippen LogP contribution in [0.5, 0.6) is 0 Å². The molecule has 0 spiro atoms. The molecule has 1 fully saturated rings. The van der Waals surface area contributed by atoms with Crippen LogP contribution in [0.3, 0.4) is 0 Å². The number of halogens is 1. The topological polar surface area (TPSA) is 79.9 Å². The monoisotopic (exact) mass is 358 g/mol. The summed E-state index contributed by atoms with van der Waals surface area (Å²) in [4.78, 5) is 6.59. The largest absolute Gasteiger partial charge is 0.380 e. The molecule has 0 aromatic carbocycles. The lowest BCUT2D eigenvalue weighted by Crippen LogP contribution is -2.28. The van der Waals surface area contributed by atoms with Gasteiger partial charge < -0.3 is 14.2 Å². The molecule has 8 heteroatoms. The first-order valence-electron chi connectivity index (χ1n) is 8.40. The minimum atomic E-state index is -0.00974. The average Bonchev–Trinajstić information content (AvgIpc) is 3.31. The Kier molecular flexibility index (Phi) is 4.10. The van der Waals surface area contributed by atoms with Gasteiger partial charge in [0.15, 0.2) is 5.82 Å². The van der Waals surface area contributed by atoms with Crippen LogP contribution in [-0.4, -0.2) is 39.5 Å². The van der Waals surface area contributed by atoms with Crippen LogP contribution in [0.15, 0.2) is 6.20 Å². The van der Waals surface area contributed by atoms with Crippen molar-refractivity contribution >= 4 is 17.4 Å². The minimum Gasteiger partial charge on any atom is -0.380 e. The second-order valence-electron chi connectivity index (χ2n) is 6.53. The summed E-state index contributed by atoms with van der Waals surface area (Å²) in [5.74, 6) is 2.62. The number of aromatic nitrogens is 4. The SMILES string of the molecule is CO[C@@H]1C[C@@H](c2nnc3n2CCC3)N(c2ncc(Cl)c(C)c2C#N)C1. The summed E-state index contributed by atoms with van der Waals surface area (Å²) < 4.78 is 7.80. The Morgan fingerprint density at radius 2 is 2.24 bits per heavy atom. The van der Waals surface area contributed by atoms with Crippen LogP contribution in [-0.2, 0) is 17.7 Å². The van der Waals surface area contributed by atoms with Crippen LogP contribution in [0.2, 0.25) is 5.02 Å².